The van der Waals surface area contributed by atoms with Gasteiger partial charge in [-0.3, -0.25) is 4.79 Å². The van der Waals surface area contributed by atoms with Crippen LogP contribution in [0.3, 0.4) is 0 Å². The Hall–Kier alpha value is -2.06. The maximum absolute atomic E-state index is 12.7. The van der Waals surface area contributed by atoms with Crippen LogP contribution < -0.4 is 4.72 Å². The summed E-state index contributed by atoms with van der Waals surface area (Å²) in [7, 11) is -4.45. The van der Waals surface area contributed by atoms with Crippen LogP contribution in [-0.2, 0) is 16.2 Å². The van der Waals surface area contributed by atoms with Crippen LogP contribution in [0.25, 0.3) is 0 Å². The number of carbonyl (C=O) groups excluding carboxylic acids is 1. The summed E-state index contributed by atoms with van der Waals surface area (Å²) in [5, 5.41) is 0.366. The monoisotopic (exact) mass is 377 g/mol. The van der Waals surface area contributed by atoms with Gasteiger partial charge in [0.05, 0.1) is 10.5 Å². The highest BCUT2D eigenvalue weighted by atomic mass is 35.5. The summed E-state index contributed by atoms with van der Waals surface area (Å²) in [6, 6.07) is 7.33. The SMILES string of the molecule is Cc1cc(Cl)ccc1C(=O)NS(=O)(=O)c1cccc(C(F)(F)F)c1. The standard InChI is InChI=1S/C15H11ClF3NO3S/c1-9-7-11(16)5-6-13(9)14(21)20-24(22,23)12-4-2-3-10(8-12)15(17,18)19/h2-8H,1H3,(H,20,21). The number of halogens is 4. The first-order valence-electron chi connectivity index (χ1n) is 6.51. The molecule has 2 aromatic rings. The topological polar surface area (TPSA) is 63.2 Å². The zero-order valence-corrected chi connectivity index (χ0v) is 13.8. The van der Waals surface area contributed by atoms with Crippen molar-refractivity contribution < 1.29 is 26.4 Å². The van der Waals surface area contributed by atoms with Crippen LogP contribution >= 0.6 is 11.6 Å². The molecular weight excluding hydrogens is 367 g/mol. The van der Waals surface area contributed by atoms with Crippen LogP contribution in [0.1, 0.15) is 21.5 Å². The fourth-order valence-electron chi connectivity index (χ4n) is 1.96. The van der Waals surface area contributed by atoms with E-state index in [9.17, 15) is 26.4 Å². The van der Waals surface area contributed by atoms with Gasteiger partial charge in [0.1, 0.15) is 0 Å². The van der Waals surface area contributed by atoms with Gasteiger partial charge >= 0.3 is 6.18 Å². The largest absolute Gasteiger partial charge is 0.416 e. The van der Waals surface area contributed by atoms with Gasteiger partial charge in [0, 0.05) is 10.6 Å². The molecular formula is C15H11ClF3NO3S. The van der Waals surface area contributed by atoms with Crippen molar-refractivity contribution in [3.8, 4) is 0 Å². The second kappa shape index (κ2) is 6.45. The third kappa shape index (κ3) is 4.07. The van der Waals surface area contributed by atoms with Crippen LogP contribution in [0.2, 0.25) is 5.02 Å². The third-order valence-corrected chi connectivity index (χ3v) is 4.70. The van der Waals surface area contributed by atoms with Gasteiger partial charge in [0.25, 0.3) is 15.9 Å². The Kier molecular flexibility index (Phi) is 4.91. The lowest BCUT2D eigenvalue weighted by Gasteiger charge is -2.11. The zero-order valence-electron chi connectivity index (χ0n) is 12.2. The summed E-state index contributed by atoms with van der Waals surface area (Å²) in [5.41, 5.74) is -0.644. The van der Waals surface area contributed by atoms with Gasteiger partial charge in [-0.25, -0.2) is 13.1 Å². The molecule has 0 saturated carbocycles. The predicted octanol–water partition coefficient (Wildman–Crippen LogP) is 3.79. The lowest BCUT2D eigenvalue weighted by atomic mass is 10.1. The highest BCUT2D eigenvalue weighted by Crippen LogP contribution is 2.30. The van der Waals surface area contributed by atoms with Crippen molar-refractivity contribution in [1.29, 1.82) is 0 Å². The summed E-state index contributed by atoms with van der Waals surface area (Å²) in [4.78, 5) is 11.4. The molecule has 0 aromatic heterocycles. The van der Waals surface area contributed by atoms with E-state index in [2.05, 4.69) is 0 Å². The first-order chi connectivity index (χ1) is 11.0. The molecule has 2 rings (SSSR count). The highest BCUT2D eigenvalue weighted by Gasteiger charge is 2.32. The van der Waals surface area contributed by atoms with Gasteiger partial charge in [0.15, 0.2) is 0 Å². The van der Waals surface area contributed by atoms with E-state index in [-0.39, 0.29) is 5.56 Å². The number of aryl methyl sites for hydroxylation is 1. The summed E-state index contributed by atoms with van der Waals surface area (Å²) < 4.78 is 64.1. The molecule has 4 nitrogen and oxygen atoms in total. The van der Waals surface area contributed by atoms with E-state index in [0.29, 0.717) is 16.7 Å². The van der Waals surface area contributed by atoms with Gasteiger partial charge in [-0.05, 0) is 48.9 Å². The van der Waals surface area contributed by atoms with E-state index in [1.807, 2.05) is 0 Å². The Morgan fingerprint density at radius 3 is 2.38 bits per heavy atom. The molecule has 9 heteroatoms. The number of alkyl halides is 3. The second-order valence-electron chi connectivity index (χ2n) is 4.92. The molecule has 0 spiro atoms. The minimum absolute atomic E-state index is 0.0509. The fourth-order valence-corrected chi connectivity index (χ4v) is 3.20. The number of amides is 1. The number of carbonyl (C=O) groups is 1. The molecule has 2 aromatic carbocycles. The van der Waals surface area contributed by atoms with Crippen molar-refractivity contribution in [2.24, 2.45) is 0 Å². The van der Waals surface area contributed by atoms with Crippen LogP contribution in [-0.4, -0.2) is 14.3 Å². The molecule has 0 saturated heterocycles. The number of benzene rings is 2. The molecule has 0 aliphatic rings. The zero-order chi connectivity index (χ0) is 18.1. The summed E-state index contributed by atoms with van der Waals surface area (Å²) in [6.07, 6.45) is -4.69. The average Bonchev–Trinajstić information content (AvgIpc) is 2.45. The summed E-state index contributed by atoms with van der Waals surface area (Å²) in [5.74, 6) is -0.957. The summed E-state index contributed by atoms with van der Waals surface area (Å²) >= 11 is 5.75. The van der Waals surface area contributed by atoms with Crippen LogP contribution in [0.4, 0.5) is 13.2 Å². The first-order valence-corrected chi connectivity index (χ1v) is 8.37. The molecule has 128 valence electrons. The van der Waals surface area contributed by atoms with Crippen molar-refractivity contribution in [2.45, 2.75) is 18.0 Å². The number of rotatable bonds is 3. The van der Waals surface area contributed by atoms with Gasteiger partial charge in [-0.2, -0.15) is 13.2 Å². The molecule has 0 bridgehead atoms. The number of nitrogens with one attached hydrogen (secondary N) is 1. The van der Waals surface area contributed by atoms with Crippen LogP contribution in [0, 0.1) is 6.92 Å². The maximum atomic E-state index is 12.7. The van der Waals surface area contributed by atoms with E-state index in [1.165, 1.54) is 18.2 Å². The molecule has 0 radical (unpaired) electrons. The molecule has 0 fully saturated rings. The summed E-state index contributed by atoms with van der Waals surface area (Å²) in [6.45, 7) is 1.55. The minimum Gasteiger partial charge on any atom is -0.268 e. The minimum atomic E-state index is -4.69. The number of hydrogen-bond acceptors (Lipinski definition) is 3. The molecule has 0 heterocycles. The Labute approximate surface area is 141 Å². The van der Waals surface area contributed by atoms with E-state index in [1.54, 1.807) is 11.6 Å². The van der Waals surface area contributed by atoms with Gasteiger partial charge in [-0.15, -0.1) is 0 Å². The molecule has 0 unspecified atom stereocenters. The fraction of sp³-hybridized carbons (Fsp3) is 0.133. The smallest absolute Gasteiger partial charge is 0.268 e. The molecule has 0 aliphatic heterocycles. The quantitative estimate of drug-likeness (QED) is 0.885. The third-order valence-electron chi connectivity index (χ3n) is 3.13. The van der Waals surface area contributed by atoms with Crippen molar-refractivity contribution >= 4 is 27.5 Å². The van der Waals surface area contributed by atoms with E-state index in [0.717, 1.165) is 18.2 Å². The van der Waals surface area contributed by atoms with Crippen LogP contribution in [0.5, 0.6) is 0 Å². The number of sulfonamides is 1. The lowest BCUT2D eigenvalue weighted by Crippen LogP contribution is -2.31. The number of hydrogen-bond donors (Lipinski definition) is 1. The predicted molar refractivity (Wildman–Crippen MR) is 82.3 cm³/mol. The van der Waals surface area contributed by atoms with Crippen molar-refractivity contribution in [2.75, 3.05) is 0 Å². The Morgan fingerprint density at radius 1 is 1.12 bits per heavy atom. The Bertz CT molecular complexity index is 895. The Morgan fingerprint density at radius 2 is 1.79 bits per heavy atom. The van der Waals surface area contributed by atoms with Crippen molar-refractivity contribution in [3.63, 3.8) is 0 Å². The van der Waals surface area contributed by atoms with E-state index in [4.69, 9.17) is 11.6 Å². The second-order valence-corrected chi connectivity index (χ2v) is 7.04. The van der Waals surface area contributed by atoms with Crippen molar-refractivity contribution in [1.82, 2.24) is 4.72 Å². The molecule has 1 N–H and O–H groups in total. The van der Waals surface area contributed by atoms with Crippen molar-refractivity contribution in [3.05, 3.63) is 64.2 Å². The highest BCUT2D eigenvalue weighted by molar-refractivity contribution is 7.90. The van der Waals surface area contributed by atoms with Crippen LogP contribution in [0.15, 0.2) is 47.4 Å². The maximum Gasteiger partial charge on any atom is 0.416 e. The lowest BCUT2D eigenvalue weighted by molar-refractivity contribution is -0.137. The van der Waals surface area contributed by atoms with Gasteiger partial charge in [-0.1, -0.05) is 17.7 Å². The molecule has 0 atom stereocenters. The van der Waals surface area contributed by atoms with Gasteiger partial charge in [0.2, 0.25) is 0 Å². The normalized spacial score (nSPS) is 12.0. The van der Waals surface area contributed by atoms with Gasteiger partial charge < -0.3 is 0 Å². The Balaban J connectivity index is 2.33. The molecule has 0 aliphatic carbocycles. The average molecular weight is 378 g/mol. The van der Waals surface area contributed by atoms with E-state index >= 15 is 0 Å². The first kappa shape index (κ1) is 18.3. The molecule has 1 amide bonds. The molecule has 24 heavy (non-hydrogen) atoms. The van der Waals surface area contributed by atoms with E-state index < -0.39 is 32.6 Å².